The van der Waals surface area contributed by atoms with Gasteiger partial charge in [-0.05, 0) is 51.4 Å². The first-order valence-corrected chi connectivity index (χ1v) is 13.0. The molecular formula is C29H20N2O2S2. The summed E-state index contributed by atoms with van der Waals surface area (Å²) in [6.07, 6.45) is 1.88. The molecule has 3 aromatic heterocycles. The maximum Gasteiger partial charge on any atom is 0.353 e. The molecule has 3 heterocycles. The van der Waals surface area contributed by atoms with Gasteiger partial charge in [-0.3, -0.25) is 0 Å². The molecular weight excluding hydrogens is 472 g/mol. The Morgan fingerprint density at radius 2 is 1.57 bits per heavy atom. The zero-order valence-corrected chi connectivity index (χ0v) is 20.3. The summed E-state index contributed by atoms with van der Waals surface area (Å²) in [5.74, 6) is 0.866. The highest BCUT2D eigenvalue weighted by atomic mass is 32.1. The van der Waals surface area contributed by atoms with Crippen molar-refractivity contribution >= 4 is 62.3 Å². The van der Waals surface area contributed by atoms with Gasteiger partial charge in [0.05, 0.1) is 22.5 Å². The highest BCUT2D eigenvalue weighted by Crippen LogP contribution is 2.29. The molecule has 0 unspecified atom stereocenters. The topological polar surface area (TPSA) is 44.1 Å². The summed E-state index contributed by atoms with van der Waals surface area (Å²) in [7, 11) is 0. The van der Waals surface area contributed by atoms with Crippen LogP contribution in [0.1, 0.15) is 25.9 Å². The number of ether oxygens (including phenoxy) is 1. The number of imidazole rings is 1. The van der Waals surface area contributed by atoms with E-state index in [0.717, 1.165) is 21.7 Å². The standard InChI is InChI=1S/C29H20N2O2S2/c32-29(27-15-7-17-35-27)33-25(26-14-6-16-34-26)18-28-30-23-12-3-4-13-24(23)31(28)19-21-10-5-9-20-8-1-2-11-22(20)21/h1-18H,19H2/b25-18+. The molecule has 0 N–H and O–H groups in total. The normalized spacial score (nSPS) is 11.8. The number of carbonyl (C=O) groups excluding carboxylic acids is 1. The second kappa shape index (κ2) is 9.33. The number of esters is 1. The first kappa shape index (κ1) is 21.5. The van der Waals surface area contributed by atoms with Gasteiger partial charge < -0.3 is 9.30 Å². The summed E-state index contributed by atoms with van der Waals surface area (Å²) in [4.78, 5) is 19.2. The fourth-order valence-corrected chi connectivity index (χ4v) is 5.48. The van der Waals surface area contributed by atoms with Crippen LogP contribution in [0.3, 0.4) is 0 Å². The van der Waals surface area contributed by atoms with Gasteiger partial charge in [0.15, 0.2) is 5.76 Å². The average molecular weight is 493 g/mol. The van der Waals surface area contributed by atoms with E-state index in [4.69, 9.17) is 9.72 Å². The maximum atomic E-state index is 12.8. The lowest BCUT2D eigenvalue weighted by Gasteiger charge is -2.12. The molecule has 0 saturated carbocycles. The van der Waals surface area contributed by atoms with E-state index in [1.54, 1.807) is 6.07 Å². The summed E-state index contributed by atoms with van der Waals surface area (Å²) in [5, 5.41) is 6.26. The lowest BCUT2D eigenvalue weighted by Crippen LogP contribution is -2.05. The van der Waals surface area contributed by atoms with Crippen molar-refractivity contribution in [3.8, 4) is 0 Å². The number of nitrogens with zero attached hydrogens (tertiary/aromatic N) is 2. The quantitative estimate of drug-likeness (QED) is 0.177. The minimum absolute atomic E-state index is 0.364. The van der Waals surface area contributed by atoms with Gasteiger partial charge in [0.25, 0.3) is 0 Å². The predicted molar refractivity (Wildman–Crippen MR) is 145 cm³/mol. The number of benzene rings is 3. The van der Waals surface area contributed by atoms with Crippen molar-refractivity contribution in [3.05, 3.63) is 123 Å². The zero-order chi connectivity index (χ0) is 23.6. The van der Waals surface area contributed by atoms with Crippen molar-refractivity contribution in [2.24, 2.45) is 0 Å². The van der Waals surface area contributed by atoms with Crippen LogP contribution >= 0.6 is 22.7 Å². The van der Waals surface area contributed by atoms with Crippen LogP contribution in [0.5, 0.6) is 0 Å². The predicted octanol–water partition coefficient (Wildman–Crippen LogP) is 7.72. The molecule has 6 aromatic rings. The van der Waals surface area contributed by atoms with E-state index in [-0.39, 0.29) is 5.97 Å². The third-order valence-corrected chi connectivity index (χ3v) is 7.58. The molecule has 0 saturated heterocycles. The van der Waals surface area contributed by atoms with Crippen LogP contribution in [0.4, 0.5) is 0 Å². The number of thiophene rings is 2. The Morgan fingerprint density at radius 1 is 0.829 bits per heavy atom. The number of fused-ring (bicyclic) bond motifs is 2. The minimum Gasteiger partial charge on any atom is -0.421 e. The molecule has 170 valence electrons. The monoisotopic (exact) mass is 492 g/mol. The number of hydrogen-bond acceptors (Lipinski definition) is 5. The molecule has 0 aliphatic carbocycles. The van der Waals surface area contributed by atoms with Crippen LogP contribution in [0.25, 0.3) is 33.6 Å². The summed E-state index contributed by atoms with van der Waals surface area (Å²) >= 11 is 2.90. The van der Waals surface area contributed by atoms with E-state index in [9.17, 15) is 4.79 Å². The Balaban J connectivity index is 1.48. The van der Waals surface area contributed by atoms with Crippen LogP contribution in [0.15, 0.2) is 102 Å². The molecule has 0 amide bonds. The molecule has 4 nitrogen and oxygen atoms in total. The largest absolute Gasteiger partial charge is 0.421 e. The number of rotatable bonds is 6. The van der Waals surface area contributed by atoms with Crippen LogP contribution in [-0.4, -0.2) is 15.5 Å². The van der Waals surface area contributed by atoms with Gasteiger partial charge in [-0.15, -0.1) is 22.7 Å². The molecule has 0 aliphatic heterocycles. The van der Waals surface area contributed by atoms with Crippen LogP contribution < -0.4 is 0 Å². The van der Waals surface area contributed by atoms with Crippen molar-refractivity contribution in [1.82, 2.24) is 9.55 Å². The Bertz CT molecular complexity index is 1660. The first-order chi connectivity index (χ1) is 17.3. The second-order valence-corrected chi connectivity index (χ2v) is 9.93. The van der Waals surface area contributed by atoms with Gasteiger partial charge in [-0.1, -0.05) is 66.7 Å². The van der Waals surface area contributed by atoms with Gasteiger partial charge in [-0.2, -0.15) is 0 Å². The number of para-hydroxylation sites is 2. The van der Waals surface area contributed by atoms with E-state index < -0.39 is 0 Å². The summed E-state index contributed by atoms with van der Waals surface area (Å²) in [5.41, 5.74) is 3.13. The van der Waals surface area contributed by atoms with Gasteiger partial charge in [-0.25, -0.2) is 9.78 Å². The van der Waals surface area contributed by atoms with Crippen molar-refractivity contribution in [2.45, 2.75) is 6.54 Å². The molecule has 0 bridgehead atoms. The zero-order valence-electron chi connectivity index (χ0n) is 18.6. The molecule has 0 spiro atoms. The Morgan fingerprint density at radius 3 is 2.40 bits per heavy atom. The van der Waals surface area contributed by atoms with E-state index >= 15 is 0 Å². The fourth-order valence-electron chi connectivity index (χ4n) is 4.20. The maximum absolute atomic E-state index is 12.8. The molecule has 6 heteroatoms. The van der Waals surface area contributed by atoms with E-state index in [2.05, 4.69) is 53.1 Å². The molecule has 35 heavy (non-hydrogen) atoms. The van der Waals surface area contributed by atoms with Crippen molar-refractivity contribution in [1.29, 1.82) is 0 Å². The van der Waals surface area contributed by atoms with Crippen molar-refractivity contribution < 1.29 is 9.53 Å². The fraction of sp³-hybridized carbons (Fsp3) is 0.0345. The van der Waals surface area contributed by atoms with Gasteiger partial charge in [0.1, 0.15) is 10.7 Å². The third kappa shape index (κ3) is 4.30. The van der Waals surface area contributed by atoms with E-state index in [1.807, 2.05) is 53.2 Å². The first-order valence-electron chi connectivity index (χ1n) is 11.2. The number of carbonyl (C=O) groups is 1. The molecule has 6 rings (SSSR count). The Hall–Kier alpha value is -4.00. The highest BCUT2D eigenvalue weighted by Gasteiger charge is 2.17. The lowest BCUT2D eigenvalue weighted by atomic mass is 10.0. The molecule has 3 aromatic carbocycles. The molecule has 0 atom stereocenters. The SMILES string of the molecule is O=C(O/C(=C/c1nc2ccccc2n1Cc1cccc2ccccc12)c1cccs1)c1cccs1. The summed E-state index contributed by atoms with van der Waals surface area (Å²) < 4.78 is 8.09. The molecule has 0 radical (unpaired) electrons. The molecule has 0 fully saturated rings. The van der Waals surface area contributed by atoms with Crippen LogP contribution in [0, 0.1) is 0 Å². The van der Waals surface area contributed by atoms with Gasteiger partial charge in [0.2, 0.25) is 0 Å². The van der Waals surface area contributed by atoms with Crippen LogP contribution in [0.2, 0.25) is 0 Å². The lowest BCUT2D eigenvalue weighted by molar-refractivity contribution is 0.0699. The highest BCUT2D eigenvalue weighted by molar-refractivity contribution is 7.12. The Labute approximate surface area is 210 Å². The van der Waals surface area contributed by atoms with E-state index in [0.29, 0.717) is 17.2 Å². The van der Waals surface area contributed by atoms with Gasteiger partial charge >= 0.3 is 5.97 Å². The van der Waals surface area contributed by atoms with Crippen LogP contribution in [-0.2, 0) is 11.3 Å². The molecule has 0 aliphatic rings. The van der Waals surface area contributed by atoms with Crippen molar-refractivity contribution in [3.63, 3.8) is 0 Å². The number of aromatic nitrogens is 2. The smallest absolute Gasteiger partial charge is 0.353 e. The Kier molecular flexibility index (Phi) is 5.74. The van der Waals surface area contributed by atoms with Crippen molar-refractivity contribution in [2.75, 3.05) is 0 Å². The minimum atomic E-state index is -0.364. The van der Waals surface area contributed by atoms with Gasteiger partial charge in [0, 0.05) is 6.08 Å². The second-order valence-electron chi connectivity index (χ2n) is 8.04. The van der Waals surface area contributed by atoms with E-state index in [1.165, 1.54) is 39.0 Å². The summed E-state index contributed by atoms with van der Waals surface area (Å²) in [6, 6.07) is 30.4. The average Bonchev–Trinajstić information content (AvgIpc) is 3.66. The summed E-state index contributed by atoms with van der Waals surface area (Å²) in [6.45, 7) is 0.643. The number of hydrogen-bond donors (Lipinski definition) is 0. The third-order valence-electron chi connectivity index (χ3n) is 5.84.